The third-order valence-electron chi connectivity index (χ3n) is 2.79. The number of rotatable bonds is 2. The van der Waals surface area contributed by atoms with Crippen molar-refractivity contribution in [3.63, 3.8) is 0 Å². The highest BCUT2D eigenvalue weighted by Gasteiger charge is 2.38. The lowest BCUT2D eigenvalue weighted by atomic mass is 10.2. The second kappa shape index (κ2) is 4.71. The number of halogens is 1. The number of nitrogens with one attached hydrogen (secondary N) is 1. The van der Waals surface area contributed by atoms with Crippen molar-refractivity contribution in [1.82, 2.24) is 9.62 Å². The van der Waals surface area contributed by atoms with Gasteiger partial charge in [-0.15, -0.1) is 0 Å². The topological polar surface area (TPSA) is 83.6 Å². The van der Waals surface area contributed by atoms with E-state index in [1.807, 2.05) is 5.32 Å². The van der Waals surface area contributed by atoms with E-state index in [-0.39, 0.29) is 4.90 Å². The summed E-state index contributed by atoms with van der Waals surface area (Å²) < 4.78 is 38.1. The van der Waals surface area contributed by atoms with E-state index in [9.17, 15) is 22.4 Å². The zero-order chi connectivity index (χ0) is 14.2. The molecule has 1 atom stereocenters. The number of piperazine rings is 1. The summed E-state index contributed by atoms with van der Waals surface area (Å²) in [4.78, 5) is 22.5. The minimum absolute atomic E-state index is 0.164. The van der Waals surface area contributed by atoms with Crippen molar-refractivity contribution in [3.05, 3.63) is 30.1 Å². The van der Waals surface area contributed by atoms with Gasteiger partial charge in [-0.25, -0.2) is 12.8 Å². The van der Waals surface area contributed by atoms with E-state index < -0.39 is 40.2 Å². The van der Waals surface area contributed by atoms with Crippen LogP contribution in [0.25, 0.3) is 0 Å². The summed E-state index contributed by atoms with van der Waals surface area (Å²) in [6.45, 7) is 0.940. The first-order chi connectivity index (χ1) is 8.82. The van der Waals surface area contributed by atoms with Crippen LogP contribution < -0.4 is 5.32 Å². The third kappa shape index (κ3) is 2.49. The van der Waals surface area contributed by atoms with Gasteiger partial charge >= 0.3 is 0 Å². The Hall–Kier alpha value is -1.80. The molecule has 0 aliphatic carbocycles. The van der Waals surface area contributed by atoms with E-state index >= 15 is 0 Å². The molecule has 102 valence electrons. The van der Waals surface area contributed by atoms with E-state index in [2.05, 4.69) is 0 Å². The van der Waals surface area contributed by atoms with E-state index in [0.29, 0.717) is 0 Å². The average molecular weight is 286 g/mol. The van der Waals surface area contributed by atoms with E-state index in [1.54, 1.807) is 0 Å². The quantitative estimate of drug-likeness (QED) is 0.767. The standard InChI is InChI=1S/C11H11FN2O4S/c1-7-11(16)13-10(15)6-14(7)19(17,18)9-4-2-8(12)3-5-9/h2-5,7H,6H2,1H3,(H,13,15,16). The molecular formula is C11H11FN2O4S. The van der Waals surface area contributed by atoms with Gasteiger partial charge in [0.2, 0.25) is 21.8 Å². The van der Waals surface area contributed by atoms with Crippen molar-refractivity contribution >= 4 is 21.8 Å². The zero-order valence-corrected chi connectivity index (χ0v) is 10.8. The molecule has 0 aromatic heterocycles. The first kappa shape index (κ1) is 13.6. The van der Waals surface area contributed by atoms with Crippen molar-refractivity contribution in [3.8, 4) is 0 Å². The highest BCUT2D eigenvalue weighted by atomic mass is 32.2. The fraction of sp³-hybridized carbons (Fsp3) is 0.273. The maximum absolute atomic E-state index is 12.8. The molecule has 1 saturated heterocycles. The normalized spacial score (nSPS) is 21.3. The molecule has 0 bridgehead atoms. The number of sulfonamides is 1. The Morgan fingerprint density at radius 2 is 1.84 bits per heavy atom. The number of hydrogen-bond acceptors (Lipinski definition) is 4. The molecule has 1 fully saturated rings. The number of carbonyl (C=O) groups is 2. The molecule has 8 heteroatoms. The van der Waals surface area contributed by atoms with E-state index in [4.69, 9.17) is 0 Å². The molecule has 1 unspecified atom stereocenters. The molecule has 19 heavy (non-hydrogen) atoms. The van der Waals surface area contributed by atoms with Crippen LogP contribution in [0.4, 0.5) is 4.39 Å². The second-order valence-corrected chi connectivity index (χ2v) is 5.98. The molecule has 1 aromatic rings. The molecule has 1 aliphatic heterocycles. The van der Waals surface area contributed by atoms with Gasteiger partial charge in [0.25, 0.3) is 0 Å². The molecule has 2 amide bonds. The van der Waals surface area contributed by atoms with Crippen LogP contribution in [0.15, 0.2) is 29.2 Å². The van der Waals surface area contributed by atoms with Crippen molar-refractivity contribution in [2.75, 3.05) is 6.54 Å². The molecule has 0 radical (unpaired) electrons. The summed E-state index contributed by atoms with van der Waals surface area (Å²) in [6.07, 6.45) is 0. The van der Waals surface area contributed by atoms with Crippen LogP contribution in [-0.2, 0) is 19.6 Å². The molecule has 0 saturated carbocycles. The monoisotopic (exact) mass is 286 g/mol. The second-order valence-electron chi connectivity index (χ2n) is 4.09. The zero-order valence-electron chi connectivity index (χ0n) is 9.96. The fourth-order valence-electron chi connectivity index (χ4n) is 1.73. The van der Waals surface area contributed by atoms with Gasteiger partial charge in [0.15, 0.2) is 0 Å². The lowest BCUT2D eigenvalue weighted by Gasteiger charge is -2.30. The van der Waals surface area contributed by atoms with Gasteiger partial charge in [0.1, 0.15) is 11.9 Å². The number of hydrogen-bond donors (Lipinski definition) is 1. The summed E-state index contributed by atoms with van der Waals surface area (Å²) in [5.74, 6) is -1.94. The summed E-state index contributed by atoms with van der Waals surface area (Å²) in [7, 11) is -4.01. The van der Waals surface area contributed by atoms with Crippen molar-refractivity contribution in [1.29, 1.82) is 0 Å². The molecule has 2 rings (SSSR count). The number of benzene rings is 1. The number of amides is 2. The molecular weight excluding hydrogens is 275 g/mol. The Kier molecular flexibility index (Phi) is 3.38. The van der Waals surface area contributed by atoms with Crippen LogP contribution >= 0.6 is 0 Å². The van der Waals surface area contributed by atoms with Gasteiger partial charge < -0.3 is 0 Å². The van der Waals surface area contributed by atoms with E-state index in [0.717, 1.165) is 28.6 Å². The molecule has 1 aliphatic rings. The largest absolute Gasteiger partial charge is 0.294 e. The maximum Gasteiger partial charge on any atom is 0.244 e. The predicted octanol–water partition coefficient (Wildman–Crippen LogP) is -0.139. The summed E-state index contributed by atoms with van der Waals surface area (Å²) >= 11 is 0. The smallest absolute Gasteiger partial charge is 0.244 e. The summed E-state index contributed by atoms with van der Waals surface area (Å²) in [6, 6.07) is 3.20. The molecule has 0 spiro atoms. The van der Waals surface area contributed by atoms with Crippen molar-refractivity contribution < 1.29 is 22.4 Å². The van der Waals surface area contributed by atoms with Crippen LogP contribution in [-0.4, -0.2) is 37.1 Å². The predicted molar refractivity (Wildman–Crippen MR) is 62.9 cm³/mol. The lowest BCUT2D eigenvalue weighted by molar-refractivity contribution is -0.136. The minimum atomic E-state index is -4.01. The Morgan fingerprint density at radius 1 is 1.26 bits per heavy atom. The average Bonchev–Trinajstić information content (AvgIpc) is 2.34. The van der Waals surface area contributed by atoms with Crippen LogP contribution in [0.5, 0.6) is 0 Å². The Labute approximate surface area is 109 Å². The molecule has 6 nitrogen and oxygen atoms in total. The number of carbonyl (C=O) groups excluding carboxylic acids is 2. The first-order valence-electron chi connectivity index (χ1n) is 5.43. The lowest BCUT2D eigenvalue weighted by Crippen LogP contribution is -2.58. The van der Waals surface area contributed by atoms with Gasteiger partial charge in [-0.3, -0.25) is 14.9 Å². The SMILES string of the molecule is CC1C(=O)NC(=O)CN1S(=O)(=O)c1ccc(F)cc1. The molecule has 1 aromatic carbocycles. The number of nitrogens with zero attached hydrogens (tertiary/aromatic N) is 1. The van der Waals surface area contributed by atoms with Crippen molar-refractivity contribution in [2.24, 2.45) is 0 Å². The Bertz CT molecular complexity index is 627. The van der Waals surface area contributed by atoms with Gasteiger partial charge in [-0.1, -0.05) is 0 Å². The van der Waals surface area contributed by atoms with Crippen LogP contribution in [0.3, 0.4) is 0 Å². The van der Waals surface area contributed by atoms with Gasteiger partial charge in [-0.2, -0.15) is 4.31 Å². The van der Waals surface area contributed by atoms with Gasteiger partial charge in [-0.05, 0) is 31.2 Å². The Balaban J connectivity index is 2.41. The summed E-state index contributed by atoms with van der Waals surface area (Å²) in [5.41, 5.74) is 0. The number of imide groups is 1. The van der Waals surface area contributed by atoms with Gasteiger partial charge in [0, 0.05) is 0 Å². The molecule has 1 N–H and O–H groups in total. The van der Waals surface area contributed by atoms with Gasteiger partial charge in [0.05, 0.1) is 11.4 Å². The van der Waals surface area contributed by atoms with Crippen LogP contribution in [0.1, 0.15) is 6.92 Å². The highest BCUT2D eigenvalue weighted by molar-refractivity contribution is 7.89. The first-order valence-corrected chi connectivity index (χ1v) is 6.87. The third-order valence-corrected chi connectivity index (χ3v) is 4.72. The Morgan fingerprint density at radius 3 is 2.42 bits per heavy atom. The van der Waals surface area contributed by atoms with Crippen LogP contribution in [0, 0.1) is 5.82 Å². The summed E-state index contributed by atoms with van der Waals surface area (Å²) in [5, 5.41) is 2.05. The maximum atomic E-state index is 12.8. The van der Waals surface area contributed by atoms with Crippen molar-refractivity contribution in [2.45, 2.75) is 17.9 Å². The molecule has 1 heterocycles. The van der Waals surface area contributed by atoms with Crippen LogP contribution in [0.2, 0.25) is 0 Å². The fourth-order valence-corrected chi connectivity index (χ4v) is 3.28. The van der Waals surface area contributed by atoms with E-state index in [1.165, 1.54) is 6.92 Å². The highest BCUT2D eigenvalue weighted by Crippen LogP contribution is 2.20. The minimum Gasteiger partial charge on any atom is -0.294 e.